The third-order valence-electron chi connectivity index (χ3n) is 3.85. The molecule has 0 spiro atoms. The largest absolute Gasteiger partial charge is 0.516 e. The molecule has 0 aromatic rings. The van der Waals surface area contributed by atoms with Gasteiger partial charge in [-0.2, -0.15) is 0 Å². The Morgan fingerprint density at radius 3 is 2.71 bits per heavy atom. The molecule has 0 bridgehead atoms. The standard InChI is InChI=1S/C13H22O/c1-10(9-14)5-7-12-8-6-11(2)13(12,3)4/h6,9,12,14H,5,7-8H2,1-4H3/b10-9+. The Bertz CT molecular complexity index is 258. The Balaban J connectivity index is 2.50. The monoisotopic (exact) mass is 194 g/mol. The van der Waals surface area contributed by atoms with Gasteiger partial charge in [-0.3, -0.25) is 0 Å². The van der Waals surface area contributed by atoms with Crippen molar-refractivity contribution in [3.05, 3.63) is 23.5 Å². The van der Waals surface area contributed by atoms with Crippen LogP contribution >= 0.6 is 0 Å². The molecule has 0 aromatic heterocycles. The Labute approximate surface area is 87.5 Å². The highest BCUT2D eigenvalue weighted by Crippen LogP contribution is 2.45. The molecule has 0 saturated carbocycles. The molecule has 0 heterocycles. The second kappa shape index (κ2) is 4.20. The second-order valence-corrected chi connectivity index (χ2v) is 5.06. The van der Waals surface area contributed by atoms with Gasteiger partial charge in [-0.15, -0.1) is 0 Å². The van der Waals surface area contributed by atoms with Crippen molar-refractivity contribution in [2.45, 2.75) is 47.0 Å². The first-order valence-corrected chi connectivity index (χ1v) is 5.45. The summed E-state index contributed by atoms with van der Waals surface area (Å²) >= 11 is 0. The molecule has 0 amide bonds. The number of allylic oxidation sites excluding steroid dienone is 3. The topological polar surface area (TPSA) is 20.2 Å². The predicted octanol–water partition coefficient (Wildman–Crippen LogP) is 4.22. The molecule has 0 aliphatic heterocycles. The molecule has 0 aromatic carbocycles. The van der Waals surface area contributed by atoms with E-state index in [1.54, 1.807) is 0 Å². The van der Waals surface area contributed by atoms with Crippen LogP contribution in [0.1, 0.15) is 47.0 Å². The second-order valence-electron chi connectivity index (χ2n) is 5.06. The summed E-state index contributed by atoms with van der Waals surface area (Å²) in [6, 6.07) is 0. The van der Waals surface area contributed by atoms with E-state index < -0.39 is 0 Å². The molecule has 0 fully saturated rings. The van der Waals surface area contributed by atoms with Gasteiger partial charge in [-0.05, 0) is 50.0 Å². The molecule has 1 heteroatoms. The Hall–Kier alpha value is -0.720. The maximum Gasteiger partial charge on any atom is 0.0780 e. The van der Waals surface area contributed by atoms with E-state index in [2.05, 4.69) is 26.8 Å². The first-order chi connectivity index (χ1) is 6.48. The molecule has 14 heavy (non-hydrogen) atoms. The molecule has 1 atom stereocenters. The van der Waals surface area contributed by atoms with E-state index in [0.717, 1.165) is 17.9 Å². The molecule has 1 aliphatic rings. The van der Waals surface area contributed by atoms with Crippen LogP contribution in [0.5, 0.6) is 0 Å². The number of rotatable bonds is 3. The van der Waals surface area contributed by atoms with Crippen molar-refractivity contribution in [3.63, 3.8) is 0 Å². The molecule has 1 nitrogen and oxygen atoms in total. The lowest BCUT2D eigenvalue weighted by Gasteiger charge is -2.29. The van der Waals surface area contributed by atoms with Gasteiger partial charge in [-0.1, -0.05) is 25.5 Å². The van der Waals surface area contributed by atoms with Gasteiger partial charge >= 0.3 is 0 Å². The molecule has 1 unspecified atom stereocenters. The van der Waals surface area contributed by atoms with Crippen molar-refractivity contribution >= 4 is 0 Å². The summed E-state index contributed by atoms with van der Waals surface area (Å²) in [5.74, 6) is 0.748. The van der Waals surface area contributed by atoms with Gasteiger partial charge in [-0.25, -0.2) is 0 Å². The van der Waals surface area contributed by atoms with E-state index in [4.69, 9.17) is 5.11 Å². The van der Waals surface area contributed by atoms with Gasteiger partial charge in [0.2, 0.25) is 0 Å². The lowest BCUT2D eigenvalue weighted by Crippen LogP contribution is -2.20. The third-order valence-corrected chi connectivity index (χ3v) is 3.85. The van der Waals surface area contributed by atoms with Gasteiger partial charge in [0.25, 0.3) is 0 Å². The van der Waals surface area contributed by atoms with E-state index in [1.165, 1.54) is 24.7 Å². The minimum Gasteiger partial charge on any atom is -0.516 e. The normalized spacial score (nSPS) is 26.4. The summed E-state index contributed by atoms with van der Waals surface area (Å²) in [4.78, 5) is 0. The van der Waals surface area contributed by atoms with Crippen LogP contribution in [-0.4, -0.2) is 5.11 Å². The van der Waals surface area contributed by atoms with Crippen molar-refractivity contribution in [1.29, 1.82) is 0 Å². The first kappa shape index (κ1) is 11.4. The molecule has 1 aliphatic carbocycles. The van der Waals surface area contributed by atoms with Gasteiger partial charge in [0.05, 0.1) is 6.26 Å². The van der Waals surface area contributed by atoms with E-state index in [9.17, 15) is 0 Å². The highest BCUT2D eigenvalue weighted by Gasteiger charge is 2.34. The number of aliphatic hydroxyl groups excluding tert-OH is 1. The number of aliphatic hydroxyl groups is 1. The lowest BCUT2D eigenvalue weighted by atomic mass is 9.75. The van der Waals surface area contributed by atoms with E-state index >= 15 is 0 Å². The molecular formula is C13H22O. The van der Waals surface area contributed by atoms with Gasteiger partial charge in [0, 0.05) is 0 Å². The zero-order valence-corrected chi connectivity index (χ0v) is 9.80. The minimum atomic E-state index is 0.357. The fraction of sp³-hybridized carbons (Fsp3) is 0.692. The van der Waals surface area contributed by atoms with Crippen LogP contribution in [0.15, 0.2) is 23.5 Å². The van der Waals surface area contributed by atoms with Crippen molar-refractivity contribution in [3.8, 4) is 0 Å². The summed E-state index contributed by atoms with van der Waals surface area (Å²) in [6.07, 6.45) is 7.01. The Morgan fingerprint density at radius 2 is 2.29 bits per heavy atom. The maximum absolute atomic E-state index is 8.82. The Morgan fingerprint density at radius 1 is 1.64 bits per heavy atom. The fourth-order valence-corrected chi connectivity index (χ4v) is 2.14. The zero-order chi connectivity index (χ0) is 10.8. The van der Waals surface area contributed by atoms with Crippen LogP contribution in [0.4, 0.5) is 0 Å². The van der Waals surface area contributed by atoms with E-state index in [0.29, 0.717) is 5.41 Å². The highest BCUT2D eigenvalue weighted by atomic mass is 16.2. The van der Waals surface area contributed by atoms with Crippen LogP contribution in [0.3, 0.4) is 0 Å². The summed E-state index contributed by atoms with van der Waals surface area (Å²) in [5, 5.41) is 8.82. The maximum atomic E-state index is 8.82. The van der Waals surface area contributed by atoms with Crippen LogP contribution in [0, 0.1) is 11.3 Å². The lowest BCUT2D eigenvalue weighted by molar-refractivity contribution is 0.274. The summed E-state index contributed by atoms with van der Waals surface area (Å²) in [7, 11) is 0. The molecule has 80 valence electrons. The number of hydrogen-bond donors (Lipinski definition) is 1. The molecule has 1 rings (SSSR count). The van der Waals surface area contributed by atoms with Crippen molar-refractivity contribution in [2.75, 3.05) is 0 Å². The van der Waals surface area contributed by atoms with E-state index in [-0.39, 0.29) is 0 Å². The van der Waals surface area contributed by atoms with Crippen molar-refractivity contribution in [1.82, 2.24) is 0 Å². The Kier molecular flexibility index (Phi) is 3.41. The summed E-state index contributed by atoms with van der Waals surface area (Å²) < 4.78 is 0. The zero-order valence-electron chi connectivity index (χ0n) is 9.80. The SMILES string of the molecule is CC1=CCC(CC/C(C)=C/O)C1(C)C. The van der Waals surface area contributed by atoms with Crippen molar-refractivity contribution < 1.29 is 5.11 Å². The molecule has 0 saturated heterocycles. The fourth-order valence-electron chi connectivity index (χ4n) is 2.14. The average Bonchev–Trinajstić information content (AvgIpc) is 2.39. The molecular weight excluding hydrogens is 172 g/mol. The van der Waals surface area contributed by atoms with Gasteiger partial charge in [0.1, 0.15) is 0 Å². The molecule has 1 N–H and O–H groups in total. The van der Waals surface area contributed by atoms with Gasteiger partial charge in [0.15, 0.2) is 0 Å². The highest BCUT2D eigenvalue weighted by molar-refractivity contribution is 5.18. The van der Waals surface area contributed by atoms with Crippen LogP contribution in [0.2, 0.25) is 0 Å². The van der Waals surface area contributed by atoms with Crippen LogP contribution < -0.4 is 0 Å². The van der Waals surface area contributed by atoms with Crippen molar-refractivity contribution in [2.24, 2.45) is 11.3 Å². The number of hydrogen-bond acceptors (Lipinski definition) is 1. The first-order valence-electron chi connectivity index (χ1n) is 5.45. The van der Waals surface area contributed by atoms with Gasteiger partial charge < -0.3 is 5.11 Å². The predicted molar refractivity (Wildman–Crippen MR) is 61.3 cm³/mol. The molecule has 0 radical (unpaired) electrons. The quantitative estimate of drug-likeness (QED) is 0.527. The smallest absolute Gasteiger partial charge is 0.0780 e. The third kappa shape index (κ3) is 2.20. The minimum absolute atomic E-state index is 0.357. The van der Waals surface area contributed by atoms with Crippen LogP contribution in [-0.2, 0) is 0 Å². The summed E-state index contributed by atoms with van der Waals surface area (Å²) in [6.45, 7) is 8.87. The summed E-state index contributed by atoms with van der Waals surface area (Å²) in [5.41, 5.74) is 2.97. The van der Waals surface area contributed by atoms with Crippen LogP contribution in [0.25, 0.3) is 0 Å². The van der Waals surface area contributed by atoms with E-state index in [1.807, 2.05) is 6.92 Å². The average molecular weight is 194 g/mol.